The van der Waals surface area contributed by atoms with Crippen LogP contribution in [-0.2, 0) is 4.79 Å². The van der Waals surface area contributed by atoms with Crippen LogP contribution >= 0.6 is 22.6 Å². The number of alkyl halides is 2. The van der Waals surface area contributed by atoms with E-state index in [1.807, 2.05) is 0 Å². The maximum absolute atomic E-state index is 14.6. The Labute approximate surface area is 160 Å². The highest BCUT2D eigenvalue weighted by molar-refractivity contribution is 14.1. The number of ether oxygens (including phenoxy) is 1. The summed E-state index contributed by atoms with van der Waals surface area (Å²) >= 11 is 0.793. The first-order valence-electron chi connectivity index (χ1n) is 6.62. The molecule has 3 rings (SSSR count). The fourth-order valence-electron chi connectivity index (χ4n) is 2.33. The summed E-state index contributed by atoms with van der Waals surface area (Å²) in [5.41, 5.74) is -6.20. The van der Waals surface area contributed by atoms with Gasteiger partial charge >= 0.3 is 12.0 Å². The number of carbonyl (C=O) groups excluding carboxylic acids is 1. The number of nitrogens with zero attached hydrogens (tertiary/aromatic N) is 1. The number of amides is 1. The van der Waals surface area contributed by atoms with Gasteiger partial charge in [0.05, 0.1) is 14.7 Å². The van der Waals surface area contributed by atoms with Crippen LogP contribution < -0.4 is 9.86 Å². The molecular formula is C14F10INO2. The van der Waals surface area contributed by atoms with Crippen LogP contribution in [0.5, 0.6) is 5.75 Å². The third kappa shape index (κ3) is 2.60. The van der Waals surface area contributed by atoms with Crippen LogP contribution in [-0.4, -0.2) is 12.0 Å². The van der Waals surface area contributed by atoms with E-state index in [1.165, 1.54) is 0 Å². The molecule has 2 aromatic rings. The van der Waals surface area contributed by atoms with E-state index in [9.17, 15) is 48.8 Å². The molecule has 1 aliphatic rings. The fraction of sp³-hybridized carbons (Fsp3) is 0.0714. The largest absolute Gasteiger partial charge is 0.485 e. The van der Waals surface area contributed by atoms with Crippen molar-refractivity contribution in [1.29, 1.82) is 0 Å². The zero-order valence-electron chi connectivity index (χ0n) is 12.4. The lowest BCUT2D eigenvalue weighted by atomic mass is 10.00. The molecule has 2 aromatic carbocycles. The van der Waals surface area contributed by atoms with Gasteiger partial charge in [0.2, 0.25) is 5.82 Å². The molecule has 0 bridgehead atoms. The summed E-state index contributed by atoms with van der Waals surface area (Å²) in [4.78, 5) is 11.1. The molecule has 150 valence electrons. The SMILES string of the molecule is O=C1N(F)c2c(F)c(-c3c(F)c(F)c(F)c(I)c3F)c(F)c(F)c2OC1(F)F. The number of fused-ring (bicyclic) bond motifs is 1. The summed E-state index contributed by atoms with van der Waals surface area (Å²) in [6, 6.07) is 0. The molecule has 1 heterocycles. The van der Waals surface area contributed by atoms with Gasteiger partial charge in [0.15, 0.2) is 46.3 Å². The quantitative estimate of drug-likeness (QED) is 0.168. The average molecular weight is 531 g/mol. The van der Waals surface area contributed by atoms with E-state index in [0.717, 1.165) is 22.6 Å². The molecule has 0 saturated carbocycles. The van der Waals surface area contributed by atoms with Crippen molar-refractivity contribution < 1.29 is 53.5 Å². The second-order valence-electron chi connectivity index (χ2n) is 5.14. The Bertz CT molecular complexity index is 1030. The molecule has 14 heteroatoms. The van der Waals surface area contributed by atoms with Crippen molar-refractivity contribution in [3.8, 4) is 16.9 Å². The molecule has 0 fully saturated rings. The van der Waals surface area contributed by atoms with Crippen LogP contribution in [0.25, 0.3) is 11.1 Å². The van der Waals surface area contributed by atoms with E-state index >= 15 is 0 Å². The standard InChI is InChI=1S/C14F10INO2/c15-3-1(5(17)10(25)8(20)7(3)19)2-4(16)9(21)12-11(6(2)18)26(24)13(27)14(22,23)28-12. The first-order valence-corrected chi connectivity index (χ1v) is 7.70. The Morgan fingerprint density at radius 2 is 1.25 bits per heavy atom. The van der Waals surface area contributed by atoms with E-state index in [4.69, 9.17) is 0 Å². The molecule has 0 spiro atoms. The van der Waals surface area contributed by atoms with Gasteiger partial charge in [0, 0.05) is 0 Å². The number of halogens is 11. The normalized spacial score (nSPS) is 15.5. The lowest BCUT2D eigenvalue weighted by molar-refractivity contribution is -0.197. The van der Waals surface area contributed by atoms with Gasteiger partial charge in [-0.25, -0.2) is 26.3 Å². The maximum Gasteiger partial charge on any atom is 0.485 e. The van der Waals surface area contributed by atoms with Gasteiger partial charge in [0.25, 0.3) is 0 Å². The van der Waals surface area contributed by atoms with Gasteiger partial charge in [-0.2, -0.15) is 13.2 Å². The summed E-state index contributed by atoms with van der Waals surface area (Å²) in [7, 11) is 0. The Morgan fingerprint density at radius 1 is 0.750 bits per heavy atom. The molecular weight excluding hydrogens is 531 g/mol. The minimum Gasteiger partial charge on any atom is -0.419 e. The lowest BCUT2D eigenvalue weighted by Gasteiger charge is -2.29. The van der Waals surface area contributed by atoms with Crippen molar-refractivity contribution in [2.45, 2.75) is 6.11 Å². The highest BCUT2D eigenvalue weighted by Crippen LogP contribution is 2.48. The van der Waals surface area contributed by atoms with Crippen molar-refractivity contribution in [2.75, 3.05) is 5.12 Å². The highest BCUT2D eigenvalue weighted by atomic mass is 127. The van der Waals surface area contributed by atoms with Gasteiger partial charge in [-0.15, -0.1) is 5.12 Å². The minimum atomic E-state index is -5.06. The molecule has 3 nitrogen and oxygen atoms in total. The van der Waals surface area contributed by atoms with Crippen LogP contribution in [0.1, 0.15) is 0 Å². The number of hydrogen-bond donors (Lipinski definition) is 0. The number of benzene rings is 2. The highest BCUT2D eigenvalue weighted by Gasteiger charge is 2.54. The first kappa shape index (κ1) is 20.5. The molecule has 0 atom stereocenters. The third-order valence-corrected chi connectivity index (χ3v) is 4.51. The first-order chi connectivity index (χ1) is 12.8. The molecule has 0 radical (unpaired) electrons. The van der Waals surface area contributed by atoms with Crippen LogP contribution in [0.3, 0.4) is 0 Å². The summed E-state index contributed by atoms with van der Waals surface area (Å²) in [6.07, 6.45) is -5.06. The zero-order chi connectivity index (χ0) is 21.3. The minimum absolute atomic E-state index is 0.793. The topological polar surface area (TPSA) is 29.5 Å². The maximum atomic E-state index is 14.6. The number of rotatable bonds is 1. The Balaban J connectivity index is 2.46. The fourth-order valence-corrected chi connectivity index (χ4v) is 2.83. The van der Waals surface area contributed by atoms with E-state index in [0.29, 0.717) is 0 Å². The Morgan fingerprint density at radius 3 is 1.82 bits per heavy atom. The van der Waals surface area contributed by atoms with Gasteiger partial charge in [-0.3, -0.25) is 4.79 Å². The second-order valence-corrected chi connectivity index (χ2v) is 6.22. The average Bonchev–Trinajstić information content (AvgIpc) is 2.63. The number of carbonyl (C=O) groups is 1. The molecule has 0 aliphatic carbocycles. The molecule has 0 N–H and O–H groups in total. The van der Waals surface area contributed by atoms with E-state index < -0.39 is 84.0 Å². The number of hydrogen-bond acceptors (Lipinski definition) is 2. The van der Waals surface area contributed by atoms with Crippen molar-refractivity contribution >= 4 is 34.2 Å². The molecule has 1 aliphatic heterocycles. The molecule has 0 aromatic heterocycles. The van der Waals surface area contributed by atoms with Gasteiger partial charge in [-0.05, 0) is 22.6 Å². The smallest absolute Gasteiger partial charge is 0.419 e. The Hall–Kier alpha value is -2.26. The van der Waals surface area contributed by atoms with Crippen molar-refractivity contribution in [3.63, 3.8) is 0 Å². The molecule has 0 saturated heterocycles. The van der Waals surface area contributed by atoms with Crippen LogP contribution in [0.2, 0.25) is 0 Å². The Kier molecular flexibility index (Phi) is 4.67. The second kappa shape index (κ2) is 6.38. The predicted octanol–water partition coefficient (Wildman–Crippen LogP) is 5.13. The summed E-state index contributed by atoms with van der Waals surface area (Å²) < 4.78 is 140. The van der Waals surface area contributed by atoms with Crippen molar-refractivity contribution in [2.24, 2.45) is 0 Å². The predicted molar refractivity (Wildman–Crippen MR) is 78.5 cm³/mol. The third-order valence-electron chi connectivity index (χ3n) is 3.57. The van der Waals surface area contributed by atoms with Crippen LogP contribution in [0.4, 0.5) is 49.7 Å². The van der Waals surface area contributed by atoms with Gasteiger partial charge in [0.1, 0.15) is 0 Å². The van der Waals surface area contributed by atoms with Gasteiger partial charge < -0.3 is 4.74 Å². The van der Waals surface area contributed by atoms with E-state index in [2.05, 4.69) is 4.74 Å². The van der Waals surface area contributed by atoms with E-state index in [-0.39, 0.29) is 0 Å². The molecule has 1 amide bonds. The summed E-state index contributed by atoms with van der Waals surface area (Å²) in [5, 5.41) is -1.67. The van der Waals surface area contributed by atoms with Crippen molar-refractivity contribution in [3.05, 3.63) is 44.3 Å². The summed E-state index contributed by atoms with van der Waals surface area (Å²) in [5.74, 6) is -21.7. The molecule has 0 unspecified atom stereocenters. The monoisotopic (exact) mass is 531 g/mol. The number of anilines is 1. The van der Waals surface area contributed by atoms with Crippen LogP contribution in [0, 0.1) is 44.3 Å². The van der Waals surface area contributed by atoms with Crippen molar-refractivity contribution in [1.82, 2.24) is 0 Å². The van der Waals surface area contributed by atoms with Gasteiger partial charge in [-0.1, -0.05) is 4.48 Å². The lowest BCUT2D eigenvalue weighted by Crippen LogP contribution is -2.48. The zero-order valence-corrected chi connectivity index (χ0v) is 14.6. The van der Waals surface area contributed by atoms with E-state index in [1.54, 1.807) is 0 Å². The van der Waals surface area contributed by atoms with Crippen LogP contribution in [0.15, 0.2) is 0 Å². The summed E-state index contributed by atoms with van der Waals surface area (Å²) in [6.45, 7) is 0. The molecule has 28 heavy (non-hydrogen) atoms.